The lowest BCUT2D eigenvalue weighted by atomic mass is 10.2. The summed E-state index contributed by atoms with van der Waals surface area (Å²) in [6.45, 7) is 2.79. The maximum absolute atomic E-state index is 13.1. The van der Waals surface area contributed by atoms with Crippen LogP contribution < -0.4 is 0 Å². The highest BCUT2D eigenvalue weighted by Crippen LogP contribution is 2.24. The molecule has 1 saturated heterocycles. The van der Waals surface area contributed by atoms with Crippen LogP contribution in [0.25, 0.3) is 0 Å². The molecule has 1 atom stereocenters. The highest BCUT2D eigenvalue weighted by Gasteiger charge is 2.27. The molecule has 1 aromatic carbocycles. The lowest BCUT2D eigenvalue weighted by Crippen LogP contribution is -2.33. The van der Waals surface area contributed by atoms with Crippen molar-refractivity contribution < 1.29 is 9.18 Å². The molecule has 2 nitrogen and oxygen atoms in total. The molecule has 1 fully saturated rings. The van der Waals surface area contributed by atoms with E-state index in [0.29, 0.717) is 10.0 Å². The Balaban J connectivity index is 2.29. The maximum atomic E-state index is 13.1. The van der Waals surface area contributed by atoms with E-state index in [1.165, 1.54) is 12.1 Å². The first kappa shape index (κ1) is 11.6. The maximum Gasteiger partial charge on any atom is 0.255 e. The zero-order valence-electron chi connectivity index (χ0n) is 9.04. The molecule has 0 aromatic heterocycles. The molecule has 0 saturated carbocycles. The van der Waals surface area contributed by atoms with Gasteiger partial charge in [-0.3, -0.25) is 4.79 Å². The van der Waals surface area contributed by atoms with E-state index in [4.69, 9.17) is 0 Å². The molecule has 2 rings (SSSR count). The average Bonchev–Trinajstić information content (AvgIpc) is 2.67. The van der Waals surface area contributed by atoms with Crippen molar-refractivity contribution in [3.05, 3.63) is 34.1 Å². The molecule has 0 bridgehead atoms. The standard InChI is InChI=1S/C12H13BrFNO/c1-8-3-2-6-15(8)12(16)10-7-9(14)4-5-11(10)13/h4-5,7-8H,2-3,6H2,1H3. The van der Waals surface area contributed by atoms with E-state index in [1.807, 2.05) is 6.92 Å². The average molecular weight is 286 g/mol. The Bertz CT molecular complexity index is 421. The zero-order chi connectivity index (χ0) is 11.7. The van der Waals surface area contributed by atoms with Gasteiger partial charge in [0.05, 0.1) is 5.56 Å². The molecule has 0 N–H and O–H groups in total. The van der Waals surface area contributed by atoms with E-state index in [2.05, 4.69) is 15.9 Å². The molecule has 16 heavy (non-hydrogen) atoms. The fraction of sp³-hybridized carbons (Fsp3) is 0.417. The topological polar surface area (TPSA) is 20.3 Å². The van der Waals surface area contributed by atoms with Crippen molar-refractivity contribution in [1.82, 2.24) is 4.90 Å². The van der Waals surface area contributed by atoms with Crippen LogP contribution in [0.1, 0.15) is 30.1 Å². The van der Waals surface area contributed by atoms with Gasteiger partial charge in [-0.1, -0.05) is 0 Å². The normalized spacial score (nSPS) is 20.2. The predicted molar refractivity (Wildman–Crippen MR) is 63.8 cm³/mol. The second-order valence-corrected chi connectivity index (χ2v) is 4.97. The summed E-state index contributed by atoms with van der Waals surface area (Å²) >= 11 is 3.28. The number of nitrogens with zero attached hydrogens (tertiary/aromatic N) is 1. The first-order valence-electron chi connectivity index (χ1n) is 5.35. The second-order valence-electron chi connectivity index (χ2n) is 4.11. The largest absolute Gasteiger partial charge is 0.336 e. The SMILES string of the molecule is CC1CCCN1C(=O)c1cc(F)ccc1Br. The Morgan fingerprint density at radius 3 is 2.94 bits per heavy atom. The number of rotatable bonds is 1. The molecule has 1 unspecified atom stereocenters. The van der Waals surface area contributed by atoms with Crippen LogP contribution in [0.4, 0.5) is 4.39 Å². The Kier molecular flexibility index (Phi) is 3.28. The minimum absolute atomic E-state index is 0.0867. The van der Waals surface area contributed by atoms with E-state index in [0.717, 1.165) is 19.4 Å². The number of hydrogen-bond donors (Lipinski definition) is 0. The Labute approximate surface area is 103 Å². The second kappa shape index (κ2) is 4.53. The highest BCUT2D eigenvalue weighted by atomic mass is 79.9. The van der Waals surface area contributed by atoms with Gasteiger partial charge in [-0.25, -0.2) is 4.39 Å². The summed E-state index contributed by atoms with van der Waals surface area (Å²) in [7, 11) is 0. The summed E-state index contributed by atoms with van der Waals surface area (Å²) in [6, 6.07) is 4.46. The minimum atomic E-state index is -0.376. The zero-order valence-corrected chi connectivity index (χ0v) is 10.6. The summed E-state index contributed by atoms with van der Waals surface area (Å²) < 4.78 is 13.8. The number of carbonyl (C=O) groups is 1. The molecule has 86 valence electrons. The van der Waals surface area contributed by atoms with Crippen LogP contribution in [0.3, 0.4) is 0 Å². The molecule has 0 spiro atoms. The third-order valence-corrected chi connectivity index (χ3v) is 3.66. The number of hydrogen-bond acceptors (Lipinski definition) is 1. The first-order valence-corrected chi connectivity index (χ1v) is 6.15. The number of amides is 1. The summed E-state index contributed by atoms with van der Waals surface area (Å²) in [5.74, 6) is -0.463. The summed E-state index contributed by atoms with van der Waals surface area (Å²) in [5, 5.41) is 0. The fourth-order valence-corrected chi connectivity index (χ4v) is 2.47. The number of halogens is 2. The molecule has 4 heteroatoms. The van der Waals surface area contributed by atoms with Crippen molar-refractivity contribution in [2.75, 3.05) is 6.54 Å². The summed E-state index contributed by atoms with van der Waals surface area (Å²) in [6.07, 6.45) is 2.05. The van der Waals surface area contributed by atoms with Crippen molar-refractivity contribution >= 4 is 21.8 Å². The molecule has 0 aliphatic carbocycles. The van der Waals surface area contributed by atoms with Gasteiger partial charge >= 0.3 is 0 Å². The predicted octanol–water partition coefficient (Wildman–Crippen LogP) is 3.21. The number of carbonyl (C=O) groups excluding carboxylic acids is 1. The van der Waals surface area contributed by atoms with Crippen LogP contribution in [0.15, 0.2) is 22.7 Å². The van der Waals surface area contributed by atoms with Crippen molar-refractivity contribution in [2.24, 2.45) is 0 Å². The van der Waals surface area contributed by atoms with Gasteiger partial charge in [0.15, 0.2) is 0 Å². The molecule has 1 heterocycles. The van der Waals surface area contributed by atoms with Crippen LogP contribution in [0, 0.1) is 5.82 Å². The molecule has 1 aromatic rings. The van der Waals surface area contributed by atoms with Gasteiger partial charge < -0.3 is 4.90 Å². The molecular formula is C12H13BrFNO. The van der Waals surface area contributed by atoms with Crippen LogP contribution in [-0.4, -0.2) is 23.4 Å². The van der Waals surface area contributed by atoms with Crippen LogP contribution in [0.2, 0.25) is 0 Å². The van der Waals surface area contributed by atoms with Gasteiger partial charge in [0, 0.05) is 17.1 Å². The molecule has 1 aliphatic heterocycles. The summed E-state index contributed by atoms with van der Waals surface area (Å²) in [5.41, 5.74) is 0.411. The molecule has 1 amide bonds. The highest BCUT2D eigenvalue weighted by molar-refractivity contribution is 9.10. The minimum Gasteiger partial charge on any atom is -0.336 e. The molecule has 0 radical (unpaired) electrons. The monoisotopic (exact) mass is 285 g/mol. The van der Waals surface area contributed by atoms with E-state index >= 15 is 0 Å². The number of likely N-dealkylation sites (tertiary alicyclic amines) is 1. The Hall–Kier alpha value is -0.900. The quantitative estimate of drug-likeness (QED) is 0.776. The van der Waals surface area contributed by atoms with E-state index < -0.39 is 0 Å². The van der Waals surface area contributed by atoms with E-state index in [1.54, 1.807) is 11.0 Å². The van der Waals surface area contributed by atoms with Gasteiger partial charge in [-0.15, -0.1) is 0 Å². The Morgan fingerprint density at radius 1 is 1.56 bits per heavy atom. The fourth-order valence-electron chi connectivity index (χ4n) is 2.05. The van der Waals surface area contributed by atoms with Crippen molar-refractivity contribution in [3.8, 4) is 0 Å². The van der Waals surface area contributed by atoms with Crippen LogP contribution >= 0.6 is 15.9 Å². The van der Waals surface area contributed by atoms with E-state index in [-0.39, 0.29) is 17.8 Å². The van der Waals surface area contributed by atoms with Crippen LogP contribution in [-0.2, 0) is 0 Å². The summed E-state index contributed by atoms with van der Waals surface area (Å²) in [4.78, 5) is 14.0. The number of benzene rings is 1. The van der Waals surface area contributed by atoms with Crippen LogP contribution in [0.5, 0.6) is 0 Å². The molecular weight excluding hydrogens is 273 g/mol. The Morgan fingerprint density at radius 2 is 2.31 bits per heavy atom. The van der Waals surface area contributed by atoms with Gasteiger partial charge in [0.2, 0.25) is 0 Å². The molecule has 1 aliphatic rings. The van der Waals surface area contributed by atoms with E-state index in [9.17, 15) is 9.18 Å². The van der Waals surface area contributed by atoms with Gasteiger partial charge in [0.1, 0.15) is 5.82 Å². The lowest BCUT2D eigenvalue weighted by molar-refractivity contribution is 0.0746. The van der Waals surface area contributed by atoms with Crippen molar-refractivity contribution in [3.63, 3.8) is 0 Å². The van der Waals surface area contributed by atoms with Gasteiger partial charge in [0.25, 0.3) is 5.91 Å². The van der Waals surface area contributed by atoms with Gasteiger partial charge in [-0.05, 0) is 53.9 Å². The third kappa shape index (κ3) is 2.12. The third-order valence-electron chi connectivity index (χ3n) is 2.97. The van der Waals surface area contributed by atoms with Crippen molar-refractivity contribution in [1.29, 1.82) is 0 Å². The first-order chi connectivity index (χ1) is 7.59. The smallest absolute Gasteiger partial charge is 0.255 e. The van der Waals surface area contributed by atoms with Gasteiger partial charge in [-0.2, -0.15) is 0 Å². The van der Waals surface area contributed by atoms with Crippen molar-refractivity contribution in [2.45, 2.75) is 25.8 Å². The lowest BCUT2D eigenvalue weighted by Gasteiger charge is -2.22.